The molecule has 3 rings (SSSR count). The summed E-state index contributed by atoms with van der Waals surface area (Å²) in [7, 11) is 0. The topological polar surface area (TPSA) is 29.0 Å². The first-order valence-corrected chi connectivity index (χ1v) is 8.41. The lowest BCUT2D eigenvalue weighted by atomic mass is 10.1. The zero-order chi connectivity index (χ0) is 14.5. The molecule has 1 fully saturated rings. The van der Waals surface area contributed by atoms with Crippen molar-refractivity contribution in [1.82, 2.24) is 15.1 Å². The molecule has 2 aromatic rings. The summed E-state index contributed by atoms with van der Waals surface area (Å²) < 4.78 is 1.08. The molecule has 0 spiro atoms. The van der Waals surface area contributed by atoms with Crippen LogP contribution in [0.5, 0.6) is 0 Å². The highest BCUT2D eigenvalue weighted by molar-refractivity contribution is 9.10. The molecule has 1 saturated heterocycles. The van der Waals surface area contributed by atoms with Gasteiger partial charge in [-0.3, -0.25) is 4.90 Å². The van der Waals surface area contributed by atoms with Gasteiger partial charge in [0, 0.05) is 16.6 Å². The smallest absolute Gasteiger partial charge is 0.0929 e. The van der Waals surface area contributed by atoms with Crippen molar-refractivity contribution in [3.05, 3.63) is 46.6 Å². The van der Waals surface area contributed by atoms with Gasteiger partial charge in [0.25, 0.3) is 0 Å². The molecule has 1 aromatic carbocycles. The molecule has 0 bridgehead atoms. The van der Waals surface area contributed by atoms with Gasteiger partial charge >= 0.3 is 0 Å². The van der Waals surface area contributed by atoms with Crippen LogP contribution in [0, 0.1) is 0 Å². The fraction of sp³-hybridized carbons (Fsp3) is 0.412. The van der Waals surface area contributed by atoms with Gasteiger partial charge in [-0.05, 0) is 50.2 Å². The molecular weight excluding hydrogens is 326 g/mol. The molecule has 3 nitrogen and oxygen atoms in total. The Morgan fingerprint density at radius 1 is 0.857 bits per heavy atom. The van der Waals surface area contributed by atoms with Crippen molar-refractivity contribution in [2.75, 3.05) is 13.1 Å². The van der Waals surface area contributed by atoms with Crippen molar-refractivity contribution >= 4 is 15.9 Å². The van der Waals surface area contributed by atoms with E-state index in [1.807, 2.05) is 12.1 Å². The van der Waals surface area contributed by atoms with Crippen LogP contribution in [0.1, 0.15) is 31.4 Å². The third-order valence-corrected chi connectivity index (χ3v) is 4.47. The first-order chi connectivity index (χ1) is 10.3. The summed E-state index contributed by atoms with van der Waals surface area (Å²) in [6, 6.07) is 12.4. The van der Waals surface area contributed by atoms with Crippen LogP contribution in [0.4, 0.5) is 0 Å². The van der Waals surface area contributed by atoms with Gasteiger partial charge < -0.3 is 0 Å². The normalized spacial score (nSPS) is 16.6. The van der Waals surface area contributed by atoms with Crippen molar-refractivity contribution in [1.29, 1.82) is 0 Å². The Kier molecular flexibility index (Phi) is 4.99. The number of hydrogen-bond donors (Lipinski definition) is 0. The average molecular weight is 346 g/mol. The minimum absolute atomic E-state index is 0.924. The van der Waals surface area contributed by atoms with E-state index in [1.165, 1.54) is 38.8 Å². The van der Waals surface area contributed by atoms with E-state index in [1.54, 1.807) is 0 Å². The van der Waals surface area contributed by atoms with Crippen LogP contribution in [0.25, 0.3) is 11.3 Å². The van der Waals surface area contributed by atoms with Gasteiger partial charge in [-0.1, -0.05) is 40.9 Å². The summed E-state index contributed by atoms with van der Waals surface area (Å²) in [5.74, 6) is 0. The van der Waals surface area contributed by atoms with E-state index in [0.29, 0.717) is 0 Å². The van der Waals surface area contributed by atoms with E-state index in [9.17, 15) is 0 Å². The van der Waals surface area contributed by atoms with Crippen LogP contribution in [-0.2, 0) is 6.54 Å². The Labute approximate surface area is 134 Å². The van der Waals surface area contributed by atoms with Crippen molar-refractivity contribution in [2.45, 2.75) is 32.2 Å². The fourth-order valence-corrected chi connectivity index (χ4v) is 3.01. The number of likely N-dealkylation sites (tertiary alicyclic amines) is 1. The Balaban J connectivity index is 1.67. The second kappa shape index (κ2) is 7.14. The van der Waals surface area contributed by atoms with E-state index in [0.717, 1.165) is 28.0 Å². The largest absolute Gasteiger partial charge is 0.297 e. The Morgan fingerprint density at radius 3 is 2.19 bits per heavy atom. The first kappa shape index (κ1) is 14.7. The number of benzene rings is 1. The summed E-state index contributed by atoms with van der Waals surface area (Å²) in [4.78, 5) is 2.50. The second-order valence-corrected chi connectivity index (χ2v) is 6.52. The maximum Gasteiger partial charge on any atom is 0.0929 e. The minimum atomic E-state index is 0.924. The van der Waals surface area contributed by atoms with Crippen molar-refractivity contribution in [2.24, 2.45) is 0 Å². The molecule has 110 valence electrons. The fourth-order valence-electron chi connectivity index (χ4n) is 2.74. The molecule has 1 aliphatic heterocycles. The van der Waals surface area contributed by atoms with E-state index in [4.69, 9.17) is 0 Å². The third-order valence-electron chi connectivity index (χ3n) is 3.94. The van der Waals surface area contributed by atoms with Crippen molar-refractivity contribution in [3.63, 3.8) is 0 Å². The van der Waals surface area contributed by atoms with Gasteiger partial charge in [0.2, 0.25) is 0 Å². The highest BCUT2D eigenvalue weighted by Gasteiger charge is 2.10. The van der Waals surface area contributed by atoms with Crippen molar-refractivity contribution < 1.29 is 0 Å². The zero-order valence-electron chi connectivity index (χ0n) is 12.1. The summed E-state index contributed by atoms with van der Waals surface area (Å²) in [5, 5.41) is 8.77. The molecule has 0 N–H and O–H groups in total. The monoisotopic (exact) mass is 345 g/mol. The van der Waals surface area contributed by atoms with E-state index < -0.39 is 0 Å². The average Bonchev–Trinajstić information content (AvgIpc) is 2.78. The standard InChI is InChI=1S/C17H20BrN3/c18-15-7-5-14(6-8-15)17-10-9-16(19-20-17)13-21-11-3-1-2-4-12-21/h5-10H,1-4,11-13H2. The lowest BCUT2D eigenvalue weighted by molar-refractivity contribution is 0.273. The van der Waals surface area contributed by atoms with Crippen LogP contribution >= 0.6 is 15.9 Å². The van der Waals surface area contributed by atoms with Gasteiger partial charge in [0.05, 0.1) is 11.4 Å². The SMILES string of the molecule is Brc1ccc(-c2ccc(CN3CCCCCC3)nn2)cc1. The molecule has 0 unspecified atom stereocenters. The maximum absolute atomic E-state index is 4.40. The molecule has 0 atom stereocenters. The molecule has 2 heterocycles. The molecule has 21 heavy (non-hydrogen) atoms. The Hall–Kier alpha value is -1.26. The molecule has 0 radical (unpaired) electrons. The zero-order valence-corrected chi connectivity index (χ0v) is 13.7. The van der Waals surface area contributed by atoms with E-state index in [2.05, 4.69) is 55.3 Å². The molecular formula is C17H20BrN3. The Morgan fingerprint density at radius 2 is 1.57 bits per heavy atom. The number of hydrogen-bond acceptors (Lipinski definition) is 3. The van der Waals surface area contributed by atoms with Gasteiger partial charge in [-0.25, -0.2) is 0 Å². The van der Waals surface area contributed by atoms with Gasteiger partial charge in [-0.2, -0.15) is 10.2 Å². The molecule has 0 saturated carbocycles. The summed E-state index contributed by atoms with van der Waals surface area (Å²) in [5.41, 5.74) is 3.10. The van der Waals surface area contributed by atoms with E-state index >= 15 is 0 Å². The molecule has 1 aliphatic rings. The maximum atomic E-state index is 4.40. The minimum Gasteiger partial charge on any atom is -0.297 e. The van der Waals surface area contributed by atoms with Crippen LogP contribution in [0.15, 0.2) is 40.9 Å². The van der Waals surface area contributed by atoms with Crippen molar-refractivity contribution in [3.8, 4) is 11.3 Å². The lowest BCUT2D eigenvalue weighted by Gasteiger charge is -2.18. The predicted molar refractivity (Wildman–Crippen MR) is 88.9 cm³/mol. The Bertz CT molecular complexity index is 558. The molecule has 1 aromatic heterocycles. The van der Waals surface area contributed by atoms with Gasteiger partial charge in [0.1, 0.15) is 0 Å². The third kappa shape index (κ3) is 4.11. The second-order valence-electron chi connectivity index (χ2n) is 5.61. The quantitative estimate of drug-likeness (QED) is 0.831. The predicted octanol–water partition coefficient (Wildman–Crippen LogP) is 4.28. The first-order valence-electron chi connectivity index (χ1n) is 7.62. The summed E-state index contributed by atoms with van der Waals surface area (Å²) >= 11 is 3.45. The number of halogens is 1. The van der Waals surface area contributed by atoms with Gasteiger partial charge in [-0.15, -0.1) is 0 Å². The molecule has 4 heteroatoms. The summed E-state index contributed by atoms with van der Waals surface area (Å²) in [6.07, 6.45) is 5.35. The number of nitrogens with zero attached hydrogens (tertiary/aromatic N) is 3. The summed E-state index contributed by atoms with van der Waals surface area (Å²) in [6.45, 7) is 3.31. The number of aromatic nitrogens is 2. The van der Waals surface area contributed by atoms with Crippen LogP contribution in [0.2, 0.25) is 0 Å². The lowest BCUT2D eigenvalue weighted by Crippen LogP contribution is -2.24. The van der Waals surface area contributed by atoms with E-state index in [-0.39, 0.29) is 0 Å². The van der Waals surface area contributed by atoms with Crippen LogP contribution in [0.3, 0.4) is 0 Å². The molecule has 0 amide bonds. The number of rotatable bonds is 3. The highest BCUT2D eigenvalue weighted by Crippen LogP contribution is 2.19. The highest BCUT2D eigenvalue weighted by atomic mass is 79.9. The van der Waals surface area contributed by atoms with Crippen LogP contribution in [-0.4, -0.2) is 28.2 Å². The van der Waals surface area contributed by atoms with Gasteiger partial charge in [0.15, 0.2) is 0 Å². The molecule has 0 aliphatic carbocycles. The van der Waals surface area contributed by atoms with Crippen LogP contribution < -0.4 is 0 Å².